The Morgan fingerprint density at radius 3 is 1.64 bits per heavy atom. The number of hydrogen-bond donors (Lipinski definition) is 1. The van der Waals surface area contributed by atoms with Crippen molar-refractivity contribution in [2.24, 2.45) is 0 Å². The molecule has 0 aromatic heterocycles. The molecular weight excluding hydrogens is 534 g/mol. The van der Waals surface area contributed by atoms with E-state index in [4.69, 9.17) is 18.1 Å². The smallest absolute Gasteiger partial charge is 0.346 e. The predicted molar refractivity (Wildman–Crippen MR) is 160 cm³/mol. The maximum atomic E-state index is 14.6. The summed E-state index contributed by atoms with van der Waals surface area (Å²) < 4.78 is 53.3. The Morgan fingerprint density at radius 2 is 1.23 bits per heavy atom. The fourth-order valence-corrected chi connectivity index (χ4v) is 10.5. The second kappa shape index (κ2) is 16.7. The molecule has 0 amide bonds. The van der Waals surface area contributed by atoms with Crippen LogP contribution in [0.2, 0.25) is 0 Å². The van der Waals surface area contributed by atoms with Gasteiger partial charge >= 0.3 is 15.2 Å². The monoisotopic (exact) mass is 588 g/mol. The highest BCUT2D eigenvalue weighted by Crippen LogP contribution is 2.71. The SMILES string of the molecule is CCCCOP(=O)(OCCCC)C(Cc1cc(O)c2c(c1)CCCC2(C)C)P(=O)(OCCCC)OCCCC. The maximum absolute atomic E-state index is 14.6. The molecule has 0 aliphatic heterocycles. The summed E-state index contributed by atoms with van der Waals surface area (Å²) in [5.74, 6) is 0.230. The number of benzene rings is 1. The van der Waals surface area contributed by atoms with Crippen molar-refractivity contribution in [3.05, 3.63) is 28.8 Å². The lowest BCUT2D eigenvalue weighted by Crippen LogP contribution is -2.25. The Kier molecular flexibility index (Phi) is 14.8. The molecule has 1 aromatic rings. The van der Waals surface area contributed by atoms with Gasteiger partial charge in [0.1, 0.15) is 5.75 Å². The van der Waals surface area contributed by atoms with Gasteiger partial charge in [-0.3, -0.25) is 9.13 Å². The first-order valence-electron chi connectivity index (χ1n) is 15.2. The van der Waals surface area contributed by atoms with E-state index in [0.29, 0.717) is 25.7 Å². The van der Waals surface area contributed by atoms with E-state index in [2.05, 4.69) is 19.9 Å². The highest BCUT2D eigenvalue weighted by molar-refractivity contribution is 7.72. The number of phenolic OH excluding ortho intramolecular Hbond substituents is 1. The minimum absolute atomic E-state index is 0.103. The average Bonchev–Trinajstić information content (AvgIpc) is 2.87. The molecule has 0 saturated heterocycles. The van der Waals surface area contributed by atoms with Crippen molar-refractivity contribution < 1.29 is 32.3 Å². The van der Waals surface area contributed by atoms with Crippen LogP contribution in [0, 0.1) is 0 Å². The molecule has 0 fully saturated rings. The molecule has 9 heteroatoms. The van der Waals surface area contributed by atoms with E-state index in [0.717, 1.165) is 61.6 Å². The third-order valence-electron chi connectivity index (χ3n) is 7.41. The topological polar surface area (TPSA) is 91.3 Å². The van der Waals surface area contributed by atoms with Crippen LogP contribution in [0.1, 0.15) is 122 Å². The second-order valence-corrected chi connectivity index (χ2v) is 16.2. The Morgan fingerprint density at radius 1 is 0.795 bits per heavy atom. The zero-order chi connectivity index (χ0) is 28.9. The fraction of sp³-hybridized carbons (Fsp3) is 0.800. The van der Waals surface area contributed by atoms with Gasteiger partial charge in [0.05, 0.1) is 26.4 Å². The molecule has 0 radical (unpaired) electrons. The van der Waals surface area contributed by atoms with Crippen LogP contribution < -0.4 is 0 Å². The van der Waals surface area contributed by atoms with Crippen LogP contribution in [-0.2, 0) is 45.5 Å². The van der Waals surface area contributed by atoms with Crippen molar-refractivity contribution >= 4 is 15.2 Å². The van der Waals surface area contributed by atoms with Gasteiger partial charge in [0, 0.05) is 5.56 Å². The predicted octanol–water partition coefficient (Wildman–Crippen LogP) is 9.53. The van der Waals surface area contributed by atoms with E-state index in [1.54, 1.807) is 6.07 Å². The van der Waals surface area contributed by atoms with E-state index in [1.165, 1.54) is 0 Å². The standard InChI is InChI=1S/C30H54O7P2/c1-7-11-18-34-38(32,35-19-12-8-2)28(39(33,36-20-13-9-3)37-21-14-10-4)24-25-22-26-16-15-17-30(5,6)29(26)27(31)23-25/h22-23,28,31H,7-21,24H2,1-6H3. The van der Waals surface area contributed by atoms with Gasteiger partial charge in [-0.1, -0.05) is 73.3 Å². The van der Waals surface area contributed by atoms with Crippen molar-refractivity contribution in [2.45, 2.75) is 129 Å². The summed E-state index contributed by atoms with van der Waals surface area (Å²) in [5, 5.41) is 10.00. The molecule has 2 rings (SSSR count). The molecule has 0 unspecified atom stereocenters. The lowest BCUT2D eigenvalue weighted by Gasteiger charge is -2.35. The lowest BCUT2D eigenvalue weighted by atomic mass is 9.72. The zero-order valence-electron chi connectivity index (χ0n) is 25.3. The summed E-state index contributed by atoms with van der Waals surface area (Å²) in [4.78, 5) is 0. The normalized spacial score (nSPS) is 15.6. The Hall–Kier alpha value is -0.680. The maximum Gasteiger partial charge on any atom is 0.346 e. The van der Waals surface area contributed by atoms with Crippen LogP contribution in [0.3, 0.4) is 0 Å². The molecule has 1 aromatic carbocycles. The number of rotatable bonds is 20. The number of hydrogen-bond acceptors (Lipinski definition) is 7. The van der Waals surface area contributed by atoms with E-state index >= 15 is 0 Å². The molecule has 39 heavy (non-hydrogen) atoms. The van der Waals surface area contributed by atoms with Gasteiger partial charge in [-0.15, -0.1) is 0 Å². The molecule has 226 valence electrons. The van der Waals surface area contributed by atoms with E-state index in [9.17, 15) is 14.2 Å². The van der Waals surface area contributed by atoms with Crippen LogP contribution in [0.15, 0.2) is 12.1 Å². The number of aryl methyl sites for hydroxylation is 1. The van der Waals surface area contributed by atoms with Crippen LogP contribution in [0.5, 0.6) is 5.75 Å². The molecule has 1 aliphatic carbocycles. The second-order valence-electron chi connectivity index (χ2n) is 11.4. The van der Waals surface area contributed by atoms with Gasteiger partial charge in [-0.05, 0) is 74.0 Å². The van der Waals surface area contributed by atoms with Gasteiger partial charge in [-0.2, -0.15) is 0 Å². The summed E-state index contributed by atoms with van der Waals surface area (Å²) in [7, 11) is -7.87. The minimum Gasteiger partial charge on any atom is -0.508 e. The van der Waals surface area contributed by atoms with Crippen molar-refractivity contribution in [1.29, 1.82) is 0 Å². The van der Waals surface area contributed by atoms with Crippen molar-refractivity contribution in [2.75, 3.05) is 26.4 Å². The molecule has 0 heterocycles. The quantitative estimate of drug-likeness (QED) is 0.120. The summed E-state index contributed by atoms with van der Waals surface area (Å²) in [5.41, 5.74) is 2.67. The van der Waals surface area contributed by atoms with Crippen molar-refractivity contribution in [3.8, 4) is 5.75 Å². The van der Waals surface area contributed by atoms with E-state index in [1.807, 2.05) is 27.7 Å². The van der Waals surface area contributed by atoms with Crippen LogP contribution in [0.25, 0.3) is 0 Å². The number of phenols is 1. The Labute approximate surface area is 237 Å². The van der Waals surface area contributed by atoms with Gasteiger partial charge in [0.15, 0.2) is 5.40 Å². The first-order valence-corrected chi connectivity index (χ1v) is 18.4. The molecule has 0 bridgehead atoms. The molecule has 0 saturated carbocycles. The van der Waals surface area contributed by atoms with Crippen LogP contribution >= 0.6 is 15.2 Å². The molecule has 0 atom stereocenters. The molecule has 0 spiro atoms. The van der Waals surface area contributed by atoms with Crippen molar-refractivity contribution in [1.82, 2.24) is 0 Å². The molecule has 1 N–H and O–H groups in total. The summed E-state index contributed by atoms with van der Waals surface area (Å²) in [6.07, 6.45) is 9.30. The number of fused-ring (bicyclic) bond motifs is 1. The van der Waals surface area contributed by atoms with E-state index < -0.39 is 20.6 Å². The van der Waals surface area contributed by atoms with Crippen LogP contribution in [-0.4, -0.2) is 36.9 Å². The molecule has 7 nitrogen and oxygen atoms in total. The highest BCUT2D eigenvalue weighted by atomic mass is 31.2. The molecule has 1 aliphatic rings. The van der Waals surface area contributed by atoms with Gasteiger partial charge in [0.25, 0.3) is 0 Å². The van der Waals surface area contributed by atoms with Gasteiger partial charge in [0.2, 0.25) is 0 Å². The summed E-state index contributed by atoms with van der Waals surface area (Å²) in [6, 6.07) is 3.79. The Balaban J connectivity index is 2.59. The third-order valence-corrected chi connectivity index (χ3v) is 13.1. The highest BCUT2D eigenvalue weighted by Gasteiger charge is 2.51. The van der Waals surface area contributed by atoms with Crippen LogP contribution in [0.4, 0.5) is 0 Å². The first kappa shape index (κ1) is 34.5. The van der Waals surface area contributed by atoms with Crippen molar-refractivity contribution in [3.63, 3.8) is 0 Å². The first-order chi connectivity index (χ1) is 18.6. The van der Waals surface area contributed by atoms with Gasteiger partial charge < -0.3 is 23.2 Å². The number of aromatic hydroxyl groups is 1. The Bertz CT molecular complexity index is 897. The zero-order valence-corrected chi connectivity index (χ0v) is 27.1. The summed E-state index contributed by atoms with van der Waals surface area (Å²) >= 11 is 0. The summed E-state index contributed by atoms with van der Waals surface area (Å²) in [6.45, 7) is 13.4. The average molecular weight is 589 g/mol. The van der Waals surface area contributed by atoms with E-state index in [-0.39, 0.29) is 44.0 Å². The molecular formula is C30H54O7P2. The third kappa shape index (κ3) is 9.97. The lowest BCUT2D eigenvalue weighted by molar-refractivity contribution is 0.176. The van der Waals surface area contributed by atoms with Gasteiger partial charge in [-0.25, -0.2) is 0 Å². The fourth-order valence-electron chi connectivity index (χ4n) is 5.06. The number of unbranched alkanes of at least 4 members (excludes halogenated alkanes) is 4. The largest absolute Gasteiger partial charge is 0.508 e. The minimum atomic E-state index is -3.94.